The smallest absolute Gasteiger partial charge is 0.410 e. The number of aliphatic hydroxyl groups is 1. The van der Waals surface area contributed by atoms with Crippen molar-refractivity contribution in [3.63, 3.8) is 0 Å². The average Bonchev–Trinajstić information content (AvgIpc) is 0.892. The molecule has 2 heterocycles. The van der Waals surface area contributed by atoms with Crippen LogP contribution in [0.2, 0.25) is 0 Å². The number of methoxy groups -OCH3 is 1. The second-order valence-electron chi connectivity index (χ2n) is 24.2. The van der Waals surface area contributed by atoms with Crippen molar-refractivity contribution in [3.8, 4) is 11.5 Å². The molecule has 1 aromatic heterocycles. The number of aliphatic hydroxyl groups excluding tert-OH is 1. The number of anilines is 1. The molecule has 5 aromatic carbocycles. The SMILES string of the molecule is COc1cc(N(C(=O)[C@H](Cc2ccc(O)cc2)NC(=O)[C@@H](NC(=O)[C@H](CC(C)C)NC(=O)[C@H](CC(C)C)NC(=O)[C@H](Cc2cnc[nH]2)NC(=O)[C@H](Cc2ccccc2)NC(=O)[C@@H]2CCCN2C(=O)OCc2ccccc2)C(C)C)C(=O)[C@@H](N)CO)cc2ccccc12. The summed E-state index contributed by atoms with van der Waals surface area (Å²) in [5, 5.41) is 38.4. The van der Waals surface area contributed by atoms with E-state index in [-0.39, 0.29) is 68.5 Å². The van der Waals surface area contributed by atoms with Crippen LogP contribution in [0.15, 0.2) is 134 Å². The predicted octanol–water partition coefficient (Wildman–Crippen LogP) is 4.64. The summed E-state index contributed by atoms with van der Waals surface area (Å²) in [4.78, 5) is 140. The van der Waals surface area contributed by atoms with Crippen LogP contribution in [0.5, 0.6) is 11.5 Å². The normalized spacial score (nSPS) is 15.3. The lowest BCUT2D eigenvalue weighted by Gasteiger charge is -2.31. The number of hydrogen-bond donors (Lipinski definition) is 10. The van der Waals surface area contributed by atoms with Crippen molar-refractivity contribution in [1.82, 2.24) is 46.8 Å². The van der Waals surface area contributed by atoms with E-state index in [1.165, 1.54) is 54.9 Å². The van der Waals surface area contributed by atoms with Crippen LogP contribution in [0.25, 0.3) is 10.8 Å². The van der Waals surface area contributed by atoms with Crippen molar-refractivity contribution in [1.29, 1.82) is 0 Å². The molecule has 490 valence electrons. The number of aromatic nitrogens is 2. The number of likely N-dealkylation sites (tertiary alicyclic amines) is 1. The van der Waals surface area contributed by atoms with E-state index in [1.54, 1.807) is 74.5 Å². The van der Waals surface area contributed by atoms with Crippen molar-refractivity contribution in [2.45, 2.75) is 141 Å². The molecule has 1 saturated heterocycles. The number of phenolic OH excluding ortho intramolecular Hbond substituents is 1. The Kier molecular flexibility index (Phi) is 25.3. The Balaban J connectivity index is 1.10. The number of nitrogens with zero attached hydrogens (tertiary/aromatic N) is 3. The summed E-state index contributed by atoms with van der Waals surface area (Å²) in [6.45, 7) is 10.1. The van der Waals surface area contributed by atoms with Gasteiger partial charge in [-0.2, -0.15) is 0 Å². The van der Waals surface area contributed by atoms with Gasteiger partial charge in [0, 0.05) is 49.2 Å². The van der Waals surface area contributed by atoms with Crippen molar-refractivity contribution in [3.05, 3.63) is 156 Å². The molecule has 9 amide bonds. The predicted molar refractivity (Wildman–Crippen MR) is 344 cm³/mol. The quantitative estimate of drug-likeness (QED) is 0.0294. The van der Waals surface area contributed by atoms with Crippen LogP contribution in [0.3, 0.4) is 0 Å². The summed E-state index contributed by atoms with van der Waals surface area (Å²) in [6.07, 6.45) is 2.78. The van der Waals surface area contributed by atoms with Gasteiger partial charge < -0.3 is 62.3 Å². The first kappa shape index (κ1) is 69.8. The van der Waals surface area contributed by atoms with E-state index in [0.29, 0.717) is 46.2 Å². The van der Waals surface area contributed by atoms with Gasteiger partial charge >= 0.3 is 6.09 Å². The molecule has 0 aliphatic carbocycles. The Morgan fingerprint density at radius 2 is 1.18 bits per heavy atom. The largest absolute Gasteiger partial charge is 0.508 e. The molecule has 0 radical (unpaired) electrons. The van der Waals surface area contributed by atoms with Gasteiger partial charge in [0.2, 0.25) is 35.4 Å². The topological polar surface area (TPSA) is 346 Å². The third kappa shape index (κ3) is 19.4. The molecule has 92 heavy (non-hydrogen) atoms. The van der Waals surface area contributed by atoms with Crippen LogP contribution in [-0.4, -0.2) is 147 Å². The maximum Gasteiger partial charge on any atom is 0.410 e. The molecule has 11 N–H and O–H groups in total. The number of nitrogens with one attached hydrogen (secondary N) is 7. The molecule has 1 aliphatic rings. The Bertz CT molecular complexity index is 3480. The molecule has 0 spiro atoms. The minimum atomic E-state index is -1.57. The van der Waals surface area contributed by atoms with E-state index >= 15 is 4.79 Å². The number of aromatic amines is 1. The van der Waals surface area contributed by atoms with Crippen LogP contribution in [0.1, 0.15) is 89.6 Å². The fraction of sp³-hybridized carbons (Fsp3) is 0.412. The van der Waals surface area contributed by atoms with Crippen molar-refractivity contribution < 1.29 is 62.8 Å². The number of imidazole rings is 1. The van der Waals surface area contributed by atoms with Gasteiger partial charge in [-0.1, -0.05) is 139 Å². The molecule has 0 bridgehead atoms. The first-order valence-electron chi connectivity index (χ1n) is 30.9. The number of ether oxygens (including phenoxy) is 2. The zero-order valence-corrected chi connectivity index (χ0v) is 52.9. The zero-order chi connectivity index (χ0) is 66.6. The van der Waals surface area contributed by atoms with Gasteiger partial charge in [0.15, 0.2) is 0 Å². The fourth-order valence-corrected chi connectivity index (χ4v) is 10.9. The second kappa shape index (κ2) is 33.4. The van der Waals surface area contributed by atoms with E-state index in [2.05, 4.69) is 41.9 Å². The fourth-order valence-electron chi connectivity index (χ4n) is 10.9. The monoisotopic (exact) mass is 1260 g/mol. The molecule has 1 fully saturated rings. The molecule has 6 aromatic rings. The number of carbonyl (C=O) groups excluding carboxylic acids is 9. The van der Waals surface area contributed by atoms with E-state index < -0.39 is 114 Å². The van der Waals surface area contributed by atoms with Gasteiger partial charge in [-0.25, -0.2) is 14.7 Å². The van der Waals surface area contributed by atoms with Crippen molar-refractivity contribution >= 4 is 69.8 Å². The molecule has 7 rings (SSSR count). The lowest BCUT2D eigenvalue weighted by Crippen LogP contribution is -2.61. The van der Waals surface area contributed by atoms with E-state index in [4.69, 9.17) is 15.2 Å². The van der Waals surface area contributed by atoms with E-state index in [0.717, 1.165) is 10.5 Å². The Morgan fingerprint density at radius 1 is 0.641 bits per heavy atom. The number of nitrogens with two attached hydrogens (primary N) is 1. The highest BCUT2D eigenvalue weighted by Gasteiger charge is 2.40. The first-order chi connectivity index (χ1) is 44.0. The molecule has 0 saturated carbocycles. The minimum absolute atomic E-state index is 0.000193. The lowest BCUT2D eigenvalue weighted by molar-refractivity contribution is -0.136. The minimum Gasteiger partial charge on any atom is -0.508 e. The Labute approximate surface area is 535 Å². The number of carbonyl (C=O) groups is 9. The molecule has 8 atom stereocenters. The molecular formula is C68H85N11O13. The maximum atomic E-state index is 15.1. The van der Waals surface area contributed by atoms with Crippen LogP contribution >= 0.6 is 0 Å². The number of hydrogen-bond acceptors (Lipinski definition) is 15. The van der Waals surface area contributed by atoms with E-state index in [1.807, 2.05) is 58.0 Å². The van der Waals surface area contributed by atoms with Crippen LogP contribution in [-0.2, 0) is 69.0 Å². The number of fused-ring (bicyclic) bond motifs is 1. The number of imide groups is 1. The molecule has 24 heteroatoms. The highest BCUT2D eigenvalue weighted by Crippen LogP contribution is 2.33. The van der Waals surface area contributed by atoms with Crippen LogP contribution < -0.4 is 47.3 Å². The van der Waals surface area contributed by atoms with Crippen LogP contribution in [0, 0.1) is 17.8 Å². The summed E-state index contributed by atoms with van der Waals surface area (Å²) < 4.78 is 11.2. The number of benzene rings is 5. The van der Waals surface area contributed by atoms with Crippen molar-refractivity contribution in [2.24, 2.45) is 23.5 Å². The van der Waals surface area contributed by atoms with Crippen LogP contribution in [0.4, 0.5) is 10.5 Å². The molecule has 1 aliphatic heterocycles. The third-order valence-electron chi connectivity index (χ3n) is 15.7. The number of H-pyrrole nitrogens is 1. The standard InChI is InChI=1S/C68H85N11O13/c1-40(2)29-52(72-62(84)55(34-47-36-70-39-71-47)74-61(83)54(31-43-17-10-8-11-18-43)75-64(86)57-23-16-28-78(57)68(90)92-38-45-19-12-9-13-20-45)60(82)73-53(30-41(3)4)63(85)77-59(42(5)6)65(87)76-56(32-44-24-26-49(81)27-25-44)67(89)79(66(88)51(69)37-80)48-33-46-21-14-15-22-50(46)58(35-48)91-7/h8-15,17-22,24-27,33,35-36,39-42,51-57,59,80-81H,16,23,28-32,34,37-38,69H2,1-7H3,(H,70,71)(H,72,84)(H,73,82)(H,74,83)(H,75,86)(H,76,87)(H,77,85)/t51-,52-,53-,54-,55-,56-,57-,59-/m0/s1. The van der Waals surface area contributed by atoms with E-state index in [9.17, 15) is 48.6 Å². The van der Waals surface area contributed by atoms with Gasteiger partial charge in [-0.05, 0) is 83.7 Å². The lowest BCUT2D eigenvalue weighted by atomic mass is 9.97. The van der Waals surface area contributed by atoms with Crippen molar-refractivity contribution in [2.75, 3.05) is 25.2 Å². The first-order valence-corrected chi connectivity index (χ1v) is 30.9. The Morgan fingerprint density at radius 3 is 1.77 bits per heavy atom. The maximum absolute atomic E-state index is 15.1. The van der Waals surface area contributed by atoms with Gasteiger partial charge in [0.1, 0.15) is 66.4 Å². The highest BCUT2D eigenvalue weighted by atomic mass is 16.6. The van der Waals surface area contributed by atoms with Gasteiger partial charge in [0.25, 0.3) is 11.8 Å². The molecule has 0 unspecified atom stereocenters. The molecule has 24 nitrogen and oxygen atoms in total. The number of phenols is 1. The Hall–Kier alpha value is -9.68. The average molecular weight is 1260 g/mol. The highest BCUT2D eigenvalue weighted by molar-refractivity contribution is 6.19. The van der Waals surface area contributed by atoms with Gasteiger partial charge in [-0.3, -0.25) is 43.3 Å². The zero-order valence-electron chi connectivity index (χ0n) is 52.9. The number of amides is 9. The summed E-state index contributed by atoms with van der Waals surface area (Å²) in [7, 11) is 1.42. The summed E-state index contributed by atoms with van der Waals surface area (Å²) in [5.74, 6) is -7.25. The van der Waals surface area contributed by atoms with Gasteiger partial charge in [-0.15, -0.1) is 0 Å². The number of rotatable bonds is 30. The van der Waals surface area contributed by atoms with Gasteiger partial charge in [0.05, 0.1) is 25.7 Å². The second-order valence-corrected chi connectivity index (χ2v) is 24.2. The summed E-state index contributed by atoms with van der Waals surface area (Å²) in [6, 6.07) is 23.4. The summed E-state index contributed by atoms with van der Waals surface area (Å²) >= 11 is 0. The number of aromatic hydroxyl groups is 1. The summed E-state index contributed by atoms with van der Waals surface area (Å²) in [5.41, 5.74) is 8.51. The third-order valence-corrected chi connectivity index (χ3v) is 15.7. The molecular weight excluding hydrogens is 1180 g/mol.